The van der Waals surface area contributed by atoms with Crippen molar-refractivity contribution in [2.75, 3.05) is 20.3 Å². The van der Waals surface area contributed by atoms with E-state index in [0.717, 1.165) is 24.8 Å². The first-order valence-electron chi connectivity index (χ1n) is 31.8. The second kappa shape index (κ2) is 38.5. The summed E-state index contributed by atoms with van der Waals surface area (Å²) in [5.74, 6) is -13.6. The van der Waals surface area contributed by atoms with Gasteiger partial charge in [-0.25, -0.2) is 13.6 Å². The van der Waals surface area contributed by atoms with Crippen LogP contribution < -0.4 is 64.2 Å². The molecular formula is C62H100F2N12O15. The molecule has 1 spiro atoms. The van der Waals surface area contributed by atoms with Crippen molar-refractivity contribution in [2.24, 2.45) is 29.4 Å². The number of halogens is 2. The SMILES string of the molecule is CCCCCCC[C@H](NC(=O)[C@H](NC(=O)[C@@H](CCC(N)=O)NC(=O)[C@H](CO)NC(=O)[C@@H](NC(=O)[C@@H](Cc1ccccc1)NC)[C@@H](C)CC)[C@@H](C)CC)C(=O)N[C@@H](CO)C(=O)N[C@H]1C(=O)N[C@@H](C)C(=O)N[C@]2(CC(=O)N[C@@H]([C@@H](C)CC)C(=O)O[C@H]1C)C[C@H]2CC(F)F. The molecule has 91 heavy (non-hydrogen) atoms. The zero-order valence-corrected chi connectivity index (χ0v) is 54.2. The third-order valence-electron chi connectivity index (χ3n) is 17.1. The molecule has 1 aliphatic heterocycles. The fraction of sp³-hybridized carbons (Fsp3) is 0.710. The van der Waals surface area contributed by atoms with Crippen molar-refractivity contribution in [1.82, 2.24) is 58.5 Å². The number of carbonyl (C=O) groups excluding carboxylic acids is 12. The van der Waals surface area contributed by atoms with E-state index in [2.05, 4.69) is 58.5 Å². The van der Waals surface area contributed by atoms with Crippen LogP contribution in [0.1, 0.15) is 158 Å². The maximum atomic E-state index is 14.5. The molecule has 0 radical (unpaired) electrons. The van der Waals surface area contributed by atoms with E-state index < -0.39 is 212 Å². The van der Waals surface area contributed by atoms with Gasteiger partial charge in [-0.05, 0) is 75.8 Å². The summed E-state index contributed by atoms with van der Waals surface area (Å²) < 4.78 is 32.8. The summed E-state index contributed by atoms with van der Waals surface area (Å²) in [6.45, 7) is 12.6. The molecule has 1 aliphatic carbocycles. The number of nitrogens with one attached hydrogen (secondary N) is 11. The number of esters is 1. The molecule has 3 rings (SSSR count). The predicted molar refractivity (Wildman–Crippen MR) is 330 cm³/mol. The number of unbranched alkanes of at least 4 members (excludes halogenated alkanes) is 4. The molecule has 1 aromatic rings. The molecule has 1 aromatic carbocycles. The minimum atomic E-state index is -2.76. The van der Waals surface area contributed by atoms with E-state index in [1.165, 1.54) is 13.8 Å². The van der Waals surface area contributed by atoms with Crippen LogP contribution in [0.5, 0.6) is 0 Å². The summed E-state index contributed by atoms with van der Waals surface area (Å²) in [4.78, 5) is 166. The van der Waals surface area contributed by atoms with Gasteiger partial charge in [0, 0.05) is 19.3 Å². The van der Waals surface area contributed by atoms with Crippen LogP contribution >= 0.6 is 0 Å². The Hall–Kier alpha value is -7.40. The van der Waals surface area contributed by atoms with Gasteiger partial charge in [0.2, 0.25) is 71.4 Å². The zero-order chi connectivity index (χ0) is 68.3. The monoisotopic (exact) mass is 1290 g/mol. The van der Waals surface area contributed by atoms with Crippen LogP contribution in [0.2, 0.25) is 0 Å². The molecule has 2 fully saturated rings. The van der Waals surface area contributed by atoms with E-state index in [0.29, 0.717) is 32.1 Å². The first-order chi connectivity index (χ1) is 43.0. The van der Waals surface area contributed by atoms with Crippen molar-refractivity contribution in [1.29, 1.82) is 0 Å². The Bertz CT molecular complexity index is 2630. The van der Waals surface area contributed by atoms with Gasteiger partial charge in [0.15, 0.2) is 0 Å². The summed E-state index contributed by atoms with van der Waals surface area (Å²) in [6, 6.07) is -5.39. The highest BCUT2D eigenvalue weighted by Crippen LogP contribution is 2.49. The Morgan fingerprint density at radius 2 is 1.18 bits per heavy atom. The number of benzene rings is 1. The first kappa shape index (κ1) is 77.8. The lowest BCUT2D eigenvalue weighted by Gasteiger charge is -2.31. The molecule has 0 bridgehead atoms. The summed E-state index contributed by atoms with van der Waals surface area (Å²) in [6.07, 6.45) is -1.55. The maximum Gasteiger partial charge on any atom is 0.329 e. The molecule has 11 amide bonds. The normalized spacial score (nSPS) is 22.8. The van der Waals surface area contributed by atoms with Crippen molar-refractivity contribution < 1.29 is 81.3 Å². The van der Waals surface area contributed by atoms with Crippen LogP contribution in [-0.4, -0.2) is 180 Å². The van der Waals surface area contributed by atoms with Crippen LogP contribution in [0, 0.1) is 23.7 Å². The van der Waals surface area contributed by atoms with E-state index in [4.69, 9.17) is 10.5 Å². The minimum absolute atomic E-state index is 0.0108. The third-order valence-corrected chi connectivity index (χ3v) is 17.1. The maximum absolute atomic E-state index is 14.5. The van der Waals surface area contributed by atoms with E-state index in [1.54, 1.807) is 48.6 Å². The largest absolute Gasteiger partial charge is 0.458 e. The highest BCUT2D eigenvalue weighted by atomic mass is 19.3. The lowest BCUT2D eigenvalue weighted by molar-refractivity contribution is -0.157. The molecule has 15 N–H and O–H groups in total. The van der Waals surface area contributed by atoms with Crippen molar-refractivity contribution in [3.8, 4) is 0 Å². The molecule has 16 atom stereocenters. The Morgan fingerprint density at radius 1 is 0.659 bits per heavy atom. The fourth-order valence-corrected chi connectivity index (χ4v) is 10.5. The van der Waals surface area contributed by atoms with Crippen molar-refractivity contribution >= 4 is 70.9 Å². The van der Waals surface area contributed by atoms with Crippen molar-refractivity contribution in [2.45, 2.75) is 237 Å². The van der Waals surface area contributed by atoms with Gasteiger partial charge in [0.1, 0.15) is 60.5 Å². The van der Waals surface area contributed by atoms with Crippen LogP contribution in [0.25, 0.3) is 0 Å². The quantitative estimate of drug-likeness (QED) is 0.0306. The molecule has 1 saturated carbocycles. The van der Waals surface area contributed by atoms with Gasteiger partial charge >= 0.3 is 5.97 Å². The Balaban J connectivity index is 1.90. The van der Waals surface area contributed by atoms with Gasteiger partial charge in [-0.1, -0.05) is 130 Å². The van der Waals surface area contributed by atoms with E-state index in [1.807, 2.05) is 37.3 Å². The molecule has 1 saturated heterocycles. The van der Waals surface area contributed by atoms with E-state index >= 15 is 0 Å². The fourth-order valence-electron chi connectivity index (χ4n) is 10.5. The molecule has 27 nitrogen and oxygen atoms in total. The average Bonchev–Trinajstić information content (AvgIpc) is 1.61. The van der Waals surface area contributed by atoms with Gasteiger partial charge in [-0.15, -0.1) is 0 Å². The molecule has 2 aliphatic rings. The number of likely N-dealkylation sites (N-methyl/N-ethyl adjacent to an activating group) is 1. The summed E-state index contributed by atoms with van der Waals surface area (Å²) in [5.41, 5.74) is 4.90. The highest BCUT2D eigenvalue weighted by Gasteiger charge is 2.57. The Kier molecular flexibility index (Phi) is 32.9. The van der Waals surface area contributed by atoms with E-state index in [9.17, 15) is 76.5 Å². The van der Waals surface area contributed by atoms with Gasteiger partial charge in [-0.3, -0.25) is 52.7 Å². The van der Waals surface area contributed by atoms with Gasteiger partial charge in [0.05, 0.1) is 24.8 Å². The number of cyclic esters (lactones) is 1. The Morgan fingerprint density at radius 3 is 1.71 bits per heavy atom. The zero-order valence-electron chi connectivity index (χ0n) is 54.2. The van der Waals surface area contributed by atoms with Gasteiger partial charge in [0.25, 0.3) is 0 Å². The third kappa shape index (κ3) is 24.6. The van der Waals surface area contributed by atoms with Crippen molar-refractivity contribution in [3.05, 3.63) is 35.9 Å². The van der Waals surface area contributed by atoms with Crippen molar-refractivity contribution in [3.63, 3.8) is 0 Å². The number of amides is 11. The number of rotatable bonds is 36. The molecule has 29 heteroatoms. The Labute approximate surface area is 531 Å². The lowest BCUT2D eigenvalue weighted by atomic mass is 9.96. The number of nitrogens with two attached hydrogens (primary N) is 1. The van der Waals surface area contributed by atoms with Gasteiger partial charge in [-0.2, -0.15) is 0 Å². The van der Waals surface area contributed by atoms with Crippen LogP contribution in [0.3, 0.4) is 0 Å². The highest BCUT2D eigenvalue weighted by molar-refractivity contribution is 5.99. The van der Waals surface area contributed by atoms with Crippen LogP contribution in [0.4, 0.5) is 8.78 Å². The standard InChI is InChI=1S/C62H100F2N12O15/c1-11-15-16-17-21-24-40(53(82)70-44(32-78)57(86)75-51-37(9)91-61(90)50(35(7)14-4)72-47(80)30-62(29-39(62)28-45(63)64)76-52(81)36(8)67-60(51)89)69-58(87)48(33(5)12-2)73-54(83)41(25-26-46(65)79)68-56(85)43(31-77)71-59(88)49(34(6)13-3)74-55(84)42(66-10)27-38-22-19-18-20-23-38/h18-20,22-23,33-37,39-45,48-51,66,77-78H,11-17,21,24-32H2,1-10H3,(H2,65,79)(H,67,89)(H,68,85)(H,69,87)(H,70,82)(H,71,88)(H,72,80)(H,73,83)(H,74,84)(H,75,86)(H,76,81)/t33-,34-,35-,36-,37-,39+,40-,41+,42+,43-,44-,48+,49-,50-,51+,62-/m0/s1. The second-order valence-electron chi connectivity index (χ2n) is 24.2. The number of ether oxygens (including phenoxy) is 1. The summed E-state index contributed by atoms with van der Waals surface area (Å²) in [5, 5.41) is 49.4. The summed E-state index contributed by atoms with van der Waals surface area (Å²) in [7, 11) is 1.59. The molecule has 1 heterocycles. The smallest absolute Gasteiger partial charge is 0.329 e. The van der Waals surface area contributed by atoms with Crippen LogP contribution in [-0.2, 0) is 68.7 Å². The number of aliphatic hydroxyl groups is 2. The topological polar surface area (TPSA) is 413 Å². The van der Waals surface area contributed by atoms with E-state index in [-0.39, 0.29) is 19.3 Å². The molecule has 0 unspecified atom stereocenters. The molecule has 0 aromatic heterocycles. The number of hydrogen-bond donors (Lipinski definition) is 14. The predicted octanol–water partition coefficient (Wildman–Crippen LogP) is -0.185. The lowest BCUT2D eigenvalue weighted by Crippen LogP contribution is -2.63. The number of carbonyl (C=O) groups is 12. The summed E-state index contributed by atoms with van der Waals surface area (Å²) >= 11 is 0. The number of alkyl halides is 2. The average molecular weight is 1290 g/mol. The second-order valence-corrected chi connectivity index (χ2v) is 24.2. The number of aliphatic hydroxyl groups excluding tert-OH is 2. The molecule has 512 valence electrons. The van der Waals surface area contributed by atoms with Crippen LogP contribution in [0.15, 0.2) is 30.3 Å². The van der Waals surface area contributed by atoms with Gasteiger partial charge < -0.3 is 79.2 Å². The minimum Gasteiger partial charge on any atom is -0.458 e. The number of primary amides is 1. The molecular weight excluding hydrogens is 1190 g/mol. The first-order valence-corrected chi connectivity index (χ1v) is 31.8. The number of hydrogen-bond acceptors (Lipinski definition) is 16.